The van der Waals surface area contributed by atoms with E-state index in [0.717, 1.165) is 6.33 Å². The molecule has 0 atom stereocenters. The van der Waals surface area contributed by atoms with Crippen molar-refractivity contribution in [3.05, 3.63) is 71.0 Å². The second kappa shape index (κ2) is 9.68. The van der Waals surface area contributed by atoms with Crippen LogP contribution in [0.4, 0.5) is 23.0 Å². The zero-order chi connectivity index (χ0) is 21.3. The van der Waals surface area contributed by atoms with E-state index in [-0.39, 0.29) is 18.2 Å². The molecule has 0 aliphatic rings. The van der Waals surface area contributed by atoms with E-state index in [9.17, 15) is 14.9 Å². The van der Waals surface area contributed by atoms with Crippen LogP contribution in [0.5, 0.6) is 11.5 Å². The van der Waals surface area contributed by atoms with Gasteiger partial charge in [-0.15, -0.1) is 0 Å². The molecule has 11 nitrogen and oxygen atoms in total. The minimum atomic E-state index is -0.652. The number of anilines is 3. The zero-order valence-electron chi connectivity index (χ0n) is 15.9. The summed E-state index contributed by atoms with van der Waals surface area (Å²) >= 11 is 0. The van der Waals surface area contributed by atoms with E-state index in [1.165, 1.54) is 7.11 Å². The molecule has 0 unspecified atom stereocenters. The highest BCUT2D eigenvalue weighted by atomic mass is 16.6. The number of hydrazine groups is 1. The van der Waals surface area contributed by atoms with E-state index in [2.05, 4.69) is 26.1 Å². The highest BCUT2D eigenvalue weighted by Gasteiger charge is 2.23. The van der Waals surface area contributed by atoms with Gasteiger partial charge >= 0.3 is 5.69 Å². The number of hydrogen-bond acceptors (Lipinski definition) is 9. The van der Waals surface area contributed by atoms with Crippen molar-refractivity contribution in [1.29, 1.82) is 0 Å². The number of carbonyl (C=O) groups is 1. The molecule has 11 heteroatoms. The Morgan fingerprint density at radius 3 is 2.40 bits per heavy atom. The van der Waals surface area contributed by atoms with Crippen molar-refractivity contribution in [2.75, 3.05) is 24.5 Å². The van der Waals surface area contributed by atoms with Crippen molar-refractivity contribution in [2.45, 2.75) is 0 Å². The van der Waals surface area contributed by atoms with Gasteiger partial charge in [0.2, 0.25) is 11.6 Å². The number of hydrogen-bond donors (Lipinski definition) is 3. The molecule has 0 fully saturated rings. The molecule has 1 aromatic heterocycles. The van der Waals surface area contributed by atoms with Crippen LogP contribution in [0.2, 0.25) is 0 Å². The summed E-state index contributed by atoms with van der Waals surface area (Å²) in [6.07, 6.45) is 1.13. The third-order valence-corrected chi connectivity index (χ3v) is 3.79. The topological polar surface area (TPSA) is 141 Å². The fourth-order valence-electron chi connectivity index (χ4n) is 2.38. The van der Waals surface area contributed by atoms with Gasteiger partial charge in [0.1, 0.15) is 17.8 Å². The smallest absolute Gasteiger partial charge is 0.355 e. The zero-order valence-corrected chi connectivity index (χ0v) is 15.9. The van der Waals surface area contributed by atoms with Gasteiger partial charge < -0.3 is 14.8 Å². The van der Waals surface area contributed by atoms with E-state index >= 15 is 0 Å². The average molecular weight is 410 g/mol. The van der Waals surface area contributed by atoms with Gasteiger partial charge in [-0.3, -0.25) is 25.8 Å². The summed E-state index contributed by atoms with van der Waals surface area (Å²) < 4.78 is 10.4. The Hall–Kier alpha value is -4.41. The van der Waals surface area contributed by atoms with Crippen LogP contribution in [0.15, 0.2) is 60.9 Å². The van der Waals surface area contributed by atoms with Gasteiger partial charge in [0.25, 0.3) is 5.91 Å². The fraction of sp³-hybridized carbons (Fsp3) is 0.105. The Morgan fingerprint density at radius 2 is 1.73 bits per heavy atom. The second-order valence-electron chi connectivity index (χ2n) is 5.81. The molecular weight excluding hydrogens is 392 g/mol. The second-order valence-corrected chi connectivity index (χ2v) is 5.81. The molecule has 3 aromatic rings. The molecule has 0 spiro atoms. The standard InChI is InChI=1S/C19H18N6O5/c1-29-14-9-7-13(8-10-14)22-18-17(25(27)28)19(21-12-20-18)24-23-16(26)11-30-15-5-3-2-4-6-15/h2-10,12H,11H2,1H3,(H,23,26)(H2,20,21,22,24). The van der Waals surface area contributed by atoms with Gasteiger partial charge in [0, 0.05) is 5.69 Å². The molecule has 3 N–H and O–H groups in total. The van der Waals surface area contributed by atoms with Crippen molar-refractivity contribution in [3.63, 3.8) is 0 Å². The lowest BCUT2D eigenvalue weighted by Crippen LogP contribution is -2.34. The largest absolute Gasteiger partial charge is 0.497 e. The third kappa shape index (κ3) is 5.32. The molecule has 0 aliphatic heterocycles. The van der Waals surface area contributed by atoms with E-state index < -0.39 is 16.5 Å². The molecular formula is C19H18N6O5. The summed E-state index contributed by atoms with van der Waals surface area (Å²) in [5.74, 6) is 0.389. The van der Waals surface area contributed by atoms with Crippen molar-refractivity contribution < 1.29 is 19.2 Å². The van der Waals surface area contributed by atoms with E-state index in [1.807, 2.05) is 6.07 Å². The summed E-state index contributed by atoms with van der Waals surface area (Å²) in [5.41, 5.74) is 4.89. The lowest BCUT2D eigenvalue weighted by Gasteiger charge is -2.11. The van der Waals surface area contributed by atoms with Crippen molar-refractivity contribution in [1.82, 2.24) is 15.4 Å². The van der Waals surface area contributed by atoms with Gasteiger partial charge in [-0.05, 0) is 36.4 Å². The summed E-state index contributed by atoms with van der Waals surface area (Å²) in [5, 5.41) is 14.4. The molecule has 3 rings (SSSR count). The number of nitrogens with one attached hydrogen (secondary N) is 3. The van der Waals surface area contributed by atoms with Crippen molar-refractivity contribution in [2.24, 2.45) is 0 Å². The Bertz CT molecular complexity index is 1010. The number of rotatable bonds is 9. The predicted octanol–water partition coefficient (Wildman–Crippen LogP) is 2.66. The average Bonchev–Trinajstić information content (AvgIpc) is 2.77. The van der Waals surface area contributed by atoms with Crippen LogP contribution in [0.25, 0.3) is 0 Å². The molecule has 0 bridgehead atoms. The highest BCUT2D eigenvalue weighted by molar-refractivity contribution is 5.80. The van der Waals surface area contributed by atoms with Gasteiger partial charge in [0.15, 0.2) is 6.61 Å². The number of carbonyl (C=O) groups excluding carboxylic acids is 1. The van der Waals surface area contributed by atoms with E-state index in [4.69, 9.17) is 9.47 Å². The number of ether oxygens (including phenoxy) is 2. The van der Waals surface area contributed by atoms with Gasteiger partial charge in [-0.2, -0.15) is 0 Å². The van der Waals surface area contributed by atoms with Crippen LogP contribution in [0.1, 0.15) is 0 Å². The maximum absolute atomic E-state index is 12.0. The highest BCUT2D eigenvalue weighted by Crippen LogP contribution is 2.31. The van der Waals surface area contributed by atoms with Crippen LogP contribution in [-0.4, -0.2) is 34.5 Å². The molecule has 0 radical (unpaired) electrons. The Kier molecular flexibility index (Phi) is 6.56. The minimum Gasteiger partial charge on any atom is -0.497 e. The first-order valence-electron chi connectivity index (χ1n) is 8.70. The first kappa shape index (κ1) is 20.3. The summed E-state index contributed by atoms with van der Waals surface area (Å²) in [7, 11) is 1.54. The number of nitro groups is 1. The Balaban J connectivity index is 1.67. The maximum atomic E-state index is 12.0. The molecule has 154 valence electrons. The molecule has 0 saturated carbocycles. The summed E-state index contributed by atoms with van der Waals surface area (Å²) in [6, 6.07) is 15.5. The lowest BCUT2D eigenvalue weighted by atomic mass is 10.3. The fourth-order valence-corrected chi connectivity index (χ4v) is 2.38. The van der Waals surface area contributed by atoms with E-state index in [0.29, 0.717) is 17.2 Å². The van der Waals surface area contributed by atoms with Crippen LogP contribution in [-0.2, 0) is 4.79 Å². The maximum Gasteiger partial charge on any atom is 0.355 e. The number of nitrogens with zero attached hydrogens (tertiary/aromatic N) is 3. The number of para-hydroxylation sites is 1. The Morgan fingerprint density at radius 1 is 1.03 bits per heavy atom. The van der Waals surface area contributed by atoms with Gasteiger partial charge in [-0.1, -0.05) is 18.2 Å². The lowest BCUT2D eigenvalue weighted by molar-refractivity contribution is -0.383. The quantitative estimate of drug-likeness (QED) is 0.358. The molecule has 30 heavy (non-hydrogen) atoms. The predicted molar refractivity (Wildman–Crippen MR) is 109 cm³/mol. The molecule has 1 amide bonds. The normalized spacial score (nSPS) is 10.0. The third-order valence-electron chi connectivity index (χ3n) is 3.79. The summed E-state index contributed by atoms with van der Waals surface area (Å²) in [4.78, 5) is 30.7. The van der Waals surface area contributed by atoms with Crippen LogP contribution >= 0.6 is 0 Å². The van der Waals surface area contributed by atoms with Crippen molar-refractivity contribution >= 4 is 28.9 Å². The van der Waals surface area contributed by atoms with E-state index in [1.54, 1.807) is 48.5 Å². The number of methoxy groups -OCH3 is 1. The van der Waals surface area contributed by atoms with Crippen LogP contribution in [0, 0.1) is 10.1 Å². The molecule has 1 heterocycles. The van der Waals surface area contributed by atoms with Crippen LogP contribution in [0.3, 0.4) is 0 Å². The molecule has 2 aromatic carbocycles. The molecule has 0 aliphatic carbocycles. The minimum absolute atomic E-state index is 0.0440. The number of amides is 1. The summed E-state index contributed by atoms with van der Waals surface area (Å²) in [6.45, 7) is -0.285. The first-order chi connectivity index (χ1) is 14.6. The van der Waals surface area contributed by atoms with Crippen molar-refractivity contribution in [3.8, 4) is 11.5 Å². The SMILES string of the molecule is COc1ccc(Nc2ncnc(NNC(=O)COc3ccccc3)c2[N+](=O)[O-])cc1. The first-order valence-corrected chi connectivity index (χ1v) is 8.70. The van der Waals surface area contributed by atoms with Gasteiger partial charge in [0.05, 0.1) is 12.0 Å². The monoisotopic (exact) mass is 410 g/mol. The van der Waals surface area contributed by atoms with Gasteiger partial charge in [-0.25, -0.2) is 9.97 Å². The number of benzene rings is 2. The van der Waals surface area contributed by atoms with Crippen LogP contribution < -0.4 is 25.6 Å². The number of aromatic nitrogens is 2. The Labute approximate surface area is 171 Å². The molecule has 0 saturated heterocycles.